The molecule has 0 spiro atoms. The number of aromatic nitrogens is 1. The van der Waals surface area contributed by atoms with Crippen molar-refractivity contribution in [1.82, 2.24) is 4.98 Å². The first-order chi connectivity index (χ1) is 9.18. The van der Waals surface area contributed by atoms with E-state index in [0.29, 0.717) is 16.6 Å². The highest BCUT2D eigenvalue weighted by molar-refractivity contribution is 6.36. The second-order valence-electron chi connectivity index (χ2n) is 5.50. The van der Waals surface area contributed by atoms with Gasteiger partial charge in [0.25, 0.3) is 0 Å². The van der Waals surface area contributed by atoms with Gasteiger partial charge in [0.15, 0.2) is 0 Å². The van der Waals surface area contributed by atoms with E-state index in [1.165, 1.54) is 32.1 Å². The Bertz CT molecular complexity index is 502. The number of fused-ring (bicyclic) bond motifs is 1. The van der Waals surface area contributed by atoms with Crippen molar-refractivity contribution in [3.8, 4) is 0 Å². The van der Waals surface area contributed by atoms with E-state index in [9.17, 15) is 0 Å². The molecule has 19 heavy (non-hydrogen) atoms. The zero-order chi connectivity index (χ0) is 13.4. The molecule has 2 aliphatic rings. The van der Waals surface area contributed by atoms with Crippen LogP contribution in [-0.4, -0.2) is 23.4 Å². The van der Waals surface area contributed by atoms with Crippen LogP contribution < -0.4 is 10.6 Å². The summed E-state index contributed by atoms with van der Waals surface area (Å²) in [5.74, 6) is 1.60. The molecule has 4 nitrogen and oxygen atoms in total. The van der Waals surface area contributed by atoms with Gasteiger partial charge in [-0.05, 0) is 37.7 Å². The van der Waals surface area contributed by atoms with Crippen molar-refractivity contribution in [3.63, 3.8) is 0 Å². The maximum Gasteiger partial charge on any atom is 0.148 e. The Hall–Kier alpha value is -1.29. The molecule has 0 aromatic carbocycles. The fourth-order valence-corrected chi connectivity index (χ4v) is 3.88. The lowest BCUT2D eigenvalue weighted by Gasteiger charge is -2.39. The van der Waals surface area contributed by atoms with E-state index >= 15 is 0 Å². The molecule has 0 bridgehead atoms. The largest absolute Gasteiger partial charge is 0.384 e. The number of anilines is 1. The summed E-state index contributed by atoms with van der Waals surface area (Å²) in [7, 11) is 0. The number of rotatable bonds is 2. The lowest BCUT2D eigenvalue weighted by Crippen LogP contribution is -2.43. The average Bonchev–Trinajstić information content (AvgIpc) is 2.87. The number of amidine groups is 1. The predicted octanol–water partition coefficient (Wildman–Crippen LogP) is 2.79. The third-order valence-electron chi connectivity index (χ3n) is 4.43. The predicted molar refractivity (Wildman–Crippen MR) is 78.0 cm³/mol. The molecule has 2 atom stereocenters. The number of halogens is 1. The topological polar surface area (TPSA) is 66.0 Å². The molecule has 1 aromatic rings. The van der Waals surface area contributed by atoms with E-state index in [0.717, 1.165) is 18.3 Å². The zero-order valence-corrected chi connectivity index (χ0v) is 11.7. The molecule has 5 heteroatoms. The van der Waals surface area contributed by atoms with Gasteiger partial charge in [-0.2, -0.15) is 0 Å². The van der Waals surface area contributed by atoms with E-state index in [1.807, 2.05) is 0 Å². The Morgan fingerprint density at radius 3 is 2.95 bits per heavy atom. The Morgan fingerprint density at radius 2 is 2.16 bits per heavy atom. The summed E-state index contributed by atoms with van der Waals surface area (Å²) < 4.78 is 0. The van der Waals surface area contributed by atoms with Crippen LogP contribution in [0.15, 0.2) is 12.3 Å². The number of pyridine rings is 1. The Morgan fingerprint density at radius 1 is 1.37 bits per heavy atom. The minimum Gasteiger partial charge on any atom is -0.384 e. The van der Waals surface area contributed by atoms with Gasteiger partial charge in [0.05, 0.1) is 5.02 Å². The molecule has 2 fully saturated rings. The zero-order valence-electron chi connectivity index (χ0n) is 10.9. The van der Waals surface area contributed by atoms with Crippen molar-refractivity contribution in [2.24, 2.45) is 11.7 Å². The highest BCUT2D eigenvalue weighted by atomic mass is 35.5. The van der Waals surface area contributed by atoms with Crippen LogP contribution in [0.1, 0.15) is 37.7 Å². The van der Waals surface area contributed by atoms with E-state index in [2.05, 4.69) is 9.88 Å². The van der Waals surface area contributed by atoms with E-state index < -0.39 is 0 Å². The van der Waals surface area contributed by atoms with Gasteiger partial charge in [0, 0.05) is 24.3 Å². The summed E-state index contributed by atoms with van der Waals surface area (Å²) in [5, 5.41) is 8.11. The van der Waals surface area contributed by atoms with Gasteiger partial charge >= 0.3 is 0 Å². The van der Waals surface area contributed by atoms with Crippen molar-refractivity contribution < 1.29 is 0 Å². The number of hydrogen-bond donors (Lipinski definition) is 2. The maximum atomic E-state index is 7.58. The third kappa shape index (κ3) is 2.18. The van der Waals surface area contributed by atoms with Crippen LogP contribution in [0.5, 0.6) is 0 Å². The smallest absolute Gasteiger partial charge is 0.148 e. The van der Waals surface area contributed by atoms with Gasteiger partial charge in [-0.3, -0.25) is 5.41 Å². The molecule has 0 amide bonds. The third-order valence-corrected chi connectivity index (χ3v) is 4.80. The van der Waals surface area contributed by atoms with Crippen LogP contribution in [0.2, 0.25) is 5.02 Å². The summed E-state index contributed by atoms with van der Waals surface area (Å²) in [6, 6.07) is 2.28. The lowest BCUT2D eigenvalue weighted by molar-refractivity contribution is 0.360. The van der Waals surface area contributed by atoms with Crippen LogP contribution in [0.3, 0.4) is 0 Å². The molecule has 102 valence electrons. The van der Waals surface area contributed by atoms with Crippen molar-refractivity contribution in [3.05, 3.63) is 22.8 Å². The van der Waals surface area contributed by atoms with Crippen LogP contribution >= 0.6 is 11.6 Å². The van der Waals surface area contributed by atoms with Gasteiger partial charge in [0.2, 0.25) is 0 Å². The monoisotopic (exact) mass is 278 g/mol. The van der Waals surface area contributed by atoms with Crippen molar-refractivity contribution in [1.29, 1.82) is 5.41 Å². The van der Waals surface area contributed by atoms with Crippen LogP contribution in [-0.2, 0) is 0 Å². The lowest BCUT2D eigenvalue weighted by atomic mass is 9.92. The fraction of sp³-hybridized carbons (Fsp3) is 0.571. The normalized spacial score (nSPS) is 26.3. The van der Waals surface area contributed by atoms with Gasteiger partial charge in [-0.15, -0.1) is 0 Å². The molecule has 3 rings (SSSR count). The first kappa shape index (κ1) is 12.7. The minimum atomic E-state index is 0.00799. The molecule has 1 aromatic heterocycles. The summed E-state index contributed by atoms with van der Waals surface area (Å²) in [5.41, 5.74) is 6.16. The van der Waals surface area contributed by atoms with E-state index in [1.54, 1.807) is 12.3 Å². The summed E-state index contributed by atoms with van der Waals surface area (Å²) in [4.78, 5) is 6.79. The molecule has 0 radical (unpaired) electrons. The minimum absolute atomic E-state index is 0.00799. The molecule has 1 aliphatic carbocycles. The second kappa shape index (κ2) is 5.00. The van der Waals surface area contributed by atoms with Crippen LogP contribution in [0, 0.1) is 11.3 Å². The Labute approximate surface area is 118 Å². The molecular formula is C14H19ClN4. The van der Waals surface area contributed by atoms with Gasteiger partial charge in [0.1, 0.15) is 11.7 Å². The number of nitrogens with two attached hydrogens (primary N) is 1. The first-order valence-electron chi connectivity index (χ1n) is 6.94. The second-order valence-corrected chi connectivity index (χ2v) is 5.88. The number of nitrogens with zero attached hydrogens (tertiary/aromatic N) is 2. The van der Waals surface area contributed by atoms with Crippen molar-refractivity contribution >= 4 is 23.3 Å². The number of nitrogens with one attached hydrogen (secondary N) is 1. The highest BCUT2D eigenvalue weighted by Crippen LogP contribution is 2.40. The molecular weight excluding hydrogens is 260 g/mol. The molecule has 1 saturated carbocycles. The molecule has 1 saturated heterocycles. The SMILES string of the molecule is N=C(N)c1ccnc(N2CCCC3CCCC32)c1Cl. The molecule has 1 aliphatic heterocycles. The van der Waals surface area contributed by atoms with Gasteiger partial charge in [-0.1, -0.05) is 18.0 Å². The summed E-state index contributed by atoms with van der Waals surface area (Å²) in [6.07, 6.45) is 8.08. The average molecular weight is 279 g/mol. The first-order valence-corrected chi connectivity index (χ1v) is 7.32. The molecule has 2 heterocycles. The number of nitrogen functional groups attached to an aromatic ring is 1. The molecule has 3 N–H and O–H groups in total. The fourth-order valence-electron chi connectivity index (χ4n) is 3.56. The number of piperidine rings is 1. The van der Waals surface area contributed by atoms with Crippen LogP contribution in [0.25, 0.3) is 0 Å². The Balaban J connectivity index is 1.97. The van der Waals surface area contributed by atoms with E-state index in [4.69, 9.17) is 22.7 Å². The van der Waals surface area contributed by atoms with Gasteiger partial charge in [-0.25, -0.2) is 4.98 Å². The van der Waals surface area contributed by atoms with Gasteiger partial charge < -0.3 is 10.6 Å². The number of hydrogen-bond acceptors (Lipinski definition) is 3. The standard InChI is InChI=1S/C14H19ClN4/c15-12-10(13(16)17)6-7-18-14(12)19-8-2-4-9-3-1-5-11(9)19/h6-7,9,11H,1-5,8H2,(H3,16,17). The van der Waals surface area contributed by atoms with Crippen LogP contribution in [0.4, 0.5) is 5.82 Å². The summed E-state index contributed by atoms with van der Waals surface area (Å²) >= 11 is 6.40. The van der Waals surface area contributed by atoms with E-state index in [-0.39, 0.29) is 5.84 Å². The highest BCUT2D eigenvalue weighted by Gasteiger charge is 2.36. The Kier molecular flexibility index (Phi) is 3.35. The maximum absolute atomic E-state index is 7.58. The summed E-state index contributed by atoms with van der Waals surface area (Å²) in [6.45, 7) is 1.01. The van der Waals surface area contributed by atoms with Crippen molar-refractivity contribution in [2.45, 2.75) is 38.1 Å². The molecule has 2 unspecified atom stereocenters. The van der Waals surface area contributed by atoms with Crippen molar-refractivity contribution in [2.75, 3.05) is 11.4 Å². The quantitative estimate of drug-likeness (QED) is 0.646.